The first-order valence-corrected chi connectivity index (χ1v) is 12.3. The molecule has 1 spiro atoms. The van der Waals surface area contributed by atoms with Crippen molar-refractivity contribution in [1.29, 1.82) is 0 Å². The number of piperazine rings is 1. The van der Waals surface area contributed by atoms with Crippen molar-refractivity contribution in [2.45, 2.75) is 63.5 Å². The molecule has 3 unspecified atom stereocenters. The lowest BCUT2D eigenvalue weighted by Crippen LogP contribution is -2.73. The second kappa shape index (κ2) is 8.65. The van der Waals surface area contributed by atoms with E-state index < -0.39 is 0 Å². The summed E-state index contributed by atoms with van der Waals surface area (Å²) in [6.45, 7) is 7.16. The van der Waals surface area contributed by atoms with Gasteiger partial charge in [-0.2, -0.15) is 0 Å². The minimum atomic E-state index is 0.321. The van der Waals surface area contributed by atoms with Crippen LogP contribution in [0.1, 0.15) is 51.4 Å². The molecule has 3 heterocycles. The highest BCUT2D eigenvalue weighted by molar-refractivity contribution is 5.81. The van der Waals surface area contributed by atoms with E-state index >= 15 is 0 Å². The van der Waals surface area contributed by atoms with Crippen LogP contribution >= 0.6 is 0 Å². The summed E-state index contributed by atoms with van der Waals surface area (Å²) in [7, 11) is 1.91. The fraction of sp³-hybridized carbons (Fsp3) is 0.913. The molecule has 3 saturated heterocycles. The van der Waals surface area contributed by atoms with Gasteiger partial charge >= 0.3 is 0 Å². The second-order valence-electron chi connectivity index (χ2n) is 10.1. The maximum Gasteiger partial charge on any atom is 0.236 e. The Balaban J connectivity index is 1.12. The molecule has 0 bridgehead atoms. The van der Waals surface area contributed by atoms with Crippen LogP contribution in [-0.4, -0.2) is 98.2 Å². The fourth-order valence-corrected chi connectivity index (χ4v) is 6.62. The number of ether oxygens (including phenoxy) is 1. The Kier molecular flexibility index (Phi) is 5.93. The number of likely N-dealkylation sites (tertiary alicyclic amines) is 1. The minimum absolute atomic E-state index is 0.321. The van der Waals surface area contributed by atoms with E-state index in [1.165, 1.54) is 38.5 Å². The molecule has 1 N–H and O–H groups in total. The first-order valence-electron chi connectivity index (χ1n) is 12.3. The standard InChI is InChI=1S/C23H39N5O2/c1-24-22(25-20-18-7-16-30-21(18)23(20)8-6-9-23)28-14-12-26(13-15-28)17-19(29)27-10-4-2-3-5-11-27/h18,20-21H,2-17H2,1H3,(H,24,25). The van der Waals surface area contributed by atoms with E-state index in [0.29, 0.717) is 35.9 Å². The number of hydrogen-bond acceptors (Lipinski definition) is 4. The van der Waals surface area contributed by atoms with Crippen molar-refractivity contribution in [2.75, 3.05) is 59.5 Å². The van der Waals surface area contributed by atoms with E-state index in [1.54, 1.807) is 0 Å². The molecule has 168 valence electrons. The zero-order valence-electron chi connectivity index (χ0n) is 18.7. The van der Waals surface area contributed by atoms with Gasteiger partial charge in [0, 0.05) is 70.3 Å². The Bertz CT molecular complexity index is 648. The molecule has 0 aromatic heterocycles. The van der Waals surface area contributed by atoms with Gasteiger partial charge in [0.1, 0.15) is 0 Å². The van der Waals surface area contributed by atoms with Crippen LogP contribution < -0.4 is 5.32 Å². The van der Waals surface area contributed by atoms with Gasteiger partial charge in [-0.25, -0.2) is 0 Å². The summed E-state index contributed by atoms with van der Waals surface area (Å²) in [5, 5.41) is 3.85. The van der Waals surface area contributed by atoms with E-state index in [9.17, 15) is 4.79 Å². The van der Waals surface area contributed by atoms with Gasteiger partial charge in [-0.05, 0) is 32.1 Å². The number of nitrogens with one attached hydrogen (secondary N) is 1. The normalized spacial score (nSPS) is 34.2. The molecule has 5 rings (SSSR count). The van der Waals surface area contributed by atoms with Crippen LogP contribution in [0.2, 0.25) is 0 Å². The molecule has 1 amide bonds. The van der Waals surface area contributed by atoms with Crippen molar-refractivity contribution in [1.82, 2.24) is 20.0 Å². The Morgan fingerprint density at radius 3 is 2.37 bits per heavy atom. The third-order valence-electron chi connectivity index (χ3n) is 8.52. The predicted octanol–water partition coefficient (Wildman–Crippen LogP) is 1.54. The third kappa shape index (κ3) is 3.62. The summed E-state index contributed by atoms with van der Waals surface area (Å²) in [6, 6.07) is 0.528. The molecule has 0 aromatic rings. The maximum absolute atomic E-state index is 12.7. The Labute approximate surface area is 181 Å². The first kappa shape index (κ1) is 20.6. The van der Waals surface area contributed by atoms with Gasteiger partial charge < -0.3 is 19.9 Å². The molecule has 7 nitrogen and oxygen atoms in total. The Morgan fingerprint density at radius 1 is 1.00 bits per heavy atom. The van der Waals surface area contributed by atoms with E-state index in [-0.39, 0.29) is 0 Å². The van der Waals surface area contributed by atoms with Gasteiger partial charge in [0.15, 0.2) is 5.96 Å². The quantitative estimate of drug-likeness (QED) is 0.558. The number of amides is 1. The number of rotatable bonds is 3. The highest BCUT2D eigenvalue weighted by Gasteiger charge is 2.66. The van der Waals surface area contributed by atoms with Gasteiger partial charge in [-0.1, -0.05) is 19.3 Å². The summed E-state index contributed by atoms with van der Waals surface area (Å²) in [6.07, 6.45) is 10.5. The number of hydrogen-bond donors (Lipinski definition) is 1. The first-order chi connectivity index (χ1) is 14.7. The average Bonchev–Trinajstić information content (AvgIpc) is 2.96. The van der Waals surface area contributed by atoms with Crippen LogP contribution in [-0.2, 0) is 9.53 Å². The van der Waals surface area contributed by atoms with Crippen molar-refractivity contribution < 1.29 is 9.53 Å². The van der Waals surface area contributed by atoms with Crippen LogP contribution in [0, 0.1) is 11.3 Å². The molecule has 2 aliphatic carbocycles. The smallest absolute Gasteiger partial charge is 0.236 e. The summed E-state index contributed by atoms with van der Waals surface area (Å²) in [5.41, 5.74) is 0.374. The van der Waals surface area contributed by atoms with Crippen molar-refractivity contribution in [3.63, 3.8) is 0 Å². The molecule has 30 heavy (non-hydrogen) atoms. The molecule has 3 atom stereocenters. The van der Waals surface area contributed by atoms with Gasteiger partial charge in [0.25, 0.3) is 0 Å². The predicted molar refractivity (Wildman–Crippen MR) is 117 cm³/mol. The number of guanidine groups is 1. The monoisotopic (exact) mass is 417 g/mol. The number of aliphatic imine (C=N–C) groups is 1. The lowest BCUT2D eigenvalue weighted by Gasteiger charge is -2.63. The highest BCUT2D eigenvalue weighted by Crippen LogP contribution is 2.62. The highest BCUT2D eigenvalue weighted by atomic mass is 16.5. The number of carbonyl (C=O) groups excluding carboxylic acids is 1. The van der Waals surface area contributed by atoms with Crippen LogP contribution in [0.25, 0.3) is 0 Å². The summed E-state index contributed by atoms with van der Waals surface area (Å²) < 4.78 is 6.07. The topological polar surface area (TPSA) is 60.4 Å². The largest absolute Gasteiger partial charge is 0.377 e. The SMILES string of the molecule is CN=C(NC1C2CCOC2C12CCC2)N1CCN(CC(=O)N2CCCCCC2)CC1. The Morgan fingerprint density at radius 2 is 1.73 bits per heavy atom. The number of carbonyl (C=O) groups is 1. The van der Waals surface area contributed by atoms with Crippen LogP contribution in [0.4, 0.5) is 0 Å². The molecule has 7 heteroatoms. The molecular weight excluding hydrogens is 378 g/mol. The minimum Gasteiger partial charge on any atom is -0.377 e. The summed E-state index contributed by atoms with van der Waals surface area (Å²) >= 11 is 0. The van der Waals surface area contributed by atoms with Crippen molar-refractivity contribution in [2.24, 2.45) is 16.3 Å². The van der Waals surface area contributed by atoms with Crippen LogP contribution in [0.15, 0.2) is 4.99 Å². The Hall–Kier alpha value is -1.34. The van der Waals surface area contributed by atoms with Crippen molar-refractivity contribution >= 4 is 11.9 Å². The molecule has 2 saturated carbocycles. The zero-order chi connectivity index (χ0) is 20.6. The maximum atomic E-state index is 12.7. The molecular formula is C23H39N5O2. The van der Waals surface area contributed by atoms with Crippen molar-refractivity contribution in [3.8, 4) is 0 Å². The lowest BCUT2D eigenvalue weighted by atomic mass is 9.46. The lowest BCUT2D eigenvalue weighted by molar-refractivity contribution is -0.171. The van der Waals surface area contributed by atoms with E-state index in [4.69, 9.17) is 4.74 Å². The molecule has 3 aliphatic heterocycles. The van der Waals surface area contributed by atoms with Crippen molar-refractivity contribution in [3.05, 3.63) is 0 Å². The molecule has 5 fully saturated rings. The van der Waals surface area contributed by atoms with Gasteiger partial charge in [-0.15, -0.1) is 0 Å². The van der Waals surface area contributed by atoms with E-state index in [1.807, 2.05) is 7.05 Å². The van der Waals surface area contributed by atoms with E-state index in [2.05, 4.69) is 25.0 Å². The summed E-state index contributed by atoms with van der Waals surface area (Å²) in [4.78, 5) is 24.2. The van der Waals surface area contributed by atoms with Crippen LogP contribution in [0.5, 0.6) is 0 Å². The number of nitrogens with zero attached hydrogens (tertiary/aromatic N) is 4. The third-order valence-corrected chi connectivity index (χ3v) is 8.52. The zero-order valence-corrected chi connectivity index (χ0v) is 18.7. The molecule has 5 aliphatic rings. The average molecular weight is 418 g/mol. The number of fused-ring (bicyclic) bond motifs is 2. The fourth-order valence-electron chi connectivity index (χ4n) is 6.62. The molecule has 0 aromatic carbocycles. The summed E-state index contributed by atoms with van der Waals surface area (Å²) in [5.74, 6) is 2.03. The molecule has 0 radical (unpaired) electrons. The van der Waals surface area contributed by atoms with Gasteiger partial charge in [-0.3, -0.25) is 14.7 Å². The van der Waals surface area contributed by atoms with Crippen LogP contribution in [0.3, 0.4) is 0 Å². The second-order valence-corrected chi connectivity index (χ2v) is 10.1. The van der Waals surface area contributed by atoms with Gasteiger partial charge in [0.2, 0.25) is 5.91 Å². The van der Waals surface area contributed by atoms with Gasteiger partial charge in [0.05, 0.1) is 12.6 Å². The van der Waals surface area contributed by atoms with E-state index in [0.717, 1.165) is 64.7 Å².